The summed E-state index contributed by atoms with van der Waals surface area (Å²) in [5.74, 6) is 0.651. The molecule has 0 radical (unpaired) electrons. The van der Waals surface area contributed by atoms with Crippen LogP contribution in [-0.2, 0) is 6.54 Å². The molecule has 0 saturated carbocycles. The molecule has 2 rings (SSSR count). The maximum atomic E-state index is 10.8. The molecule has 8 heteroatoms. The molecule has 0 spiro atoms. The Morgan fingerprint density at radius 2 is 2.10 bits per heavy atom. The van der Waals surface area contributed by atoms with Crippen LogP contribution in [-0.4, -0.2) is 30.7 Å². The average Bonchev–Trinajstić information content (AvgIpc) is 2.83. The topological polar surface area (TPSA) is 98.8 Å². The second kappa shape index (κ2) is 5.57. The van der Waals surface area contributed by atoms with Crippen molar-refractivity contribution in [2.75, 3.05) is 0 Å². The summed E-state index contributed by atoms with van der Waals surface area (Å²) < 4.78 is 1.58. The van der Waals surface area contributed by atoms with Crippen molar-refractivity contribution >= 4 is 5.69 Å². The second-order valence-corrected chi connectivity index (χ2v) is 5.84. The van der Waals surface area contributed by atoms with Gasteiger partial charge >= 0.3 is 0 Å². The van der Waals surface area contributed by atoms with Gasteiger partial charge in [0, 0.05) is 17.2 Å². The predicted molar refractivity (Wildman–Crippen MR) is 77.1 cm³/mol. The molecule has 0 fully saturated rings. The largest absolute Gasteiger partial charge is 0.305 e. The number of aryl methyl sites for hydroxylation is 1. The maximum Gasteiger partial charge on any atom is 0.272 e. The van der Waals surface area contributed by atoms with Gasteiger partial charge in [-0.1, -0.05) is 0 Å². The summed E-state index contributed by atoms with van der Waals surface area (Å²) >= 11 is 0. The van der Waals surface area contributed by atoms with Crippen LogP contribution in [0.25, 0.3) is 5.69 Å². The fraction of sp³-hybridized carbons (Fsp3) is 0.462. The van der Waals surface area contributed by atoms with E-state index in [9.17, 15) is 10.1 Å². The Bertz CT molecular complexity index is 659. The third-order valence-electron chi connectivity index (χ3n) is 2.93. The highest BCUT2D eigenvalue weighted by Gasteiger charge is 2.16. The molecule has 1 aromatic heterocycles. The smallest absolute Gasteiger partial charge is 0.272 e. The summed E-state index contributed by atoms with van der Waals surface area (Å²) in [6, 6.07) is 4.81. The highest BCUT2D eigenvalue weighted by Crippen LogP contribution is 2.21. The number of tetrazole rings is 1. The Kier molecular flexibility index (Phi) is 3.99. The number of nitrogens with one attached hydrogen (secondary N) is 1. The van der Waals surface area contributed by atoms with E-state index in [0.717, 1.165) is 0 Å². The first-order chi connectivity index (χ1) is 9.78. The molecule has 0 saturated heterocycles. The summed E-state index contributed by atoms with van der Waals surface area (Å²) in [6.45, 7) is 8.36. The van der Waals surface area contributed by atoms with Crippen molar-refractivity contribution < 1.29 is 4.92 Å². The lowest BCUT2D eigenvalue weighted by Gasteiger charge is -2.19. The van der Waals surface area contributed by atoms with Crippen molar-refractivity contribution in [1.29, 1.82) is 0 Å². The van der Waals surface area contributed by atoms with E-state index in [1.54, 1.807) is 23.7 Å². The fourth-order valence-electron chi connectivity index (χ4n) is 1.84. The number of nitrogens with zero attached hydrogens (tertiary/aromatic N) is 5. The van der Waals surface area contributed by atoms with Crippen LogP contribution in [0, 0.1) is 17.0 Å². The van der Waals surface area contributed by atoms with Crippen LogP contribution in [0.2, 0.25) is 0 Å². The molecule has 0 aliphatic heterocycles. The van der Waals surface area contributed by atoms with Crippen molar-refractivity contribution in [2.24, 2.45) is 0 Å². The van der Waals surface area contributed by atoms with Crippen molar-refractivity contribution in [3.8, 4) is 5.69 Å². The zero-order valence-corrected chi connectivity index (χ0v) is 12.5. The molecular weight excluding hydrogens is 272 g/mol. The van der Waals surface area contributed by atoms with Crippen LogP contribution >= 0.6 is 0 Å². The maximum absolute atomic E-state index is 10.8. The molecule has 1 heterocycles. The monoisotopic (exact) mass is 290 g/mol. The van der Waals surface area contributed by atoms with Gasteiger partial charge < -0.3 is 5.32 Å². The van der Waals surface area contributed by atoms with Crippen LogP contribution in [0.4, 0.5) is 5.69 Å². The molecule has 1 aromatic carbocycles. The molecule has 1 N–H and O–H groups in total. The summed E-state index contributed by atoms with van der Waals surface area (Å²) in [6.07, 6.45) is 0. The molecule has 0 amide bonds. The molecule has 0 unspecified atom stereocenters. The molecule has 8 nitrogen and oxygen atoms in total. The first-order valence-corrected chi connectivity index (χ1v) is 6.55. The van der Waals surface area contributed by atoms with Gasteiger partial charge in [0.1, 0.15) is 0 Å². The summed E-state index contributed by atoms with van der Waals surface area (Å²) in [5.41, 5.74) is 1.31. The summed E-state index contributed by atoms with van der Waals surface area (Å²) in [4.78, 5) is 10.4. The Hall–Kier alpha value is -2.35. The van der Waals surface area contributed by atoms with Crippen molar-refractivity contribution in [1.82, 2.24) is 25.5 Å². The molecule has 112 valence electrons. The third kappa shape index (κ3) is 3.60. The zero-order chi connectivity index (χ0) is 15.6. The predicted octanol–water partition coefficient (Wildman–Crippen LogP) is 1.77. The zero-order valence-electron chi connectivity index (χ0n) is 12.5. The number of benzene rings is 1. The average molecular weight is 290 g/mol. The number of nitro benzene ring substituents is 1. The lowest BCUT2D eigenvalue weighted by molar-refractivity contribution is -0.385. The SMILES string of the molecule is Cc1cc(-n2nnnc2CNC(C)(C)C)ccc1[N+](=O)[O-]. The van der Waals surface area contributed by atoms with Crippen LogP contribution in [0.5, 0.6) is 0 Å². The van der Waals surface area contributed by atoms with Crippen molar-refractivity contribution in [3.05, 3.63) is 39.7 Å². The van der Waals surface area contributed by atoms with Crippen LogP contribution in [0.15, 0.2) is 18.2 Å². The molecular formula is C13H18N6O2. The lowest BCUT2D eigenvalue weighted by Crippen LogP contribution is -2.35. The van der Waals surface area contributed by atoms with Gasteiger partial charge in [0.15, 0.2) is 5.82 Å². The highest BCUT2D eigenvalue weighted by atomic mass is 16.6. The van der Waals surface area contributed by atoms with Crippen molar-refractivity contribution in [2.45, 2.75) is 39.8 Å². The van der Waals surface area contributed by atoms with E-state index in [0.29, 0.717) is 23.6 Å². The second-order valence-electron chi connectivity index (χ2n) is 5.84. The number of aromatic nitrogens is 4. The van der Waals surface area contributed by atoms with Crippen LogP contribution in [0.1, 0.15) is 32.2 Å². The van der Waals surface area contributed by atoms with Crippen LogP contribution in [0.3, 0.4) is 0 Å². The molecule has 0 aliphatic rings. The Balaban J connectivity index is 2.29. The molecule has 0 bridgehead atoms. The first-order valence-electron chi connectivity index (χ1n) is 6.55. The van der Waals surface area contributed by atoms with Gasteiger partial charge in [0.2, 0.25) is 0 Å². The van der Waals surface area contributed by atoms with Crippen molar-refractivity contribution in [3.63, 3.8) is 0 Å². The standard InChI is InChI=1S/C13H18N6O2/c1-9-7-10(5-6-11(9)19(20)21)18-12(15-16-17-18)8-14-13(2,3)4/h5-7,14H,8H2,1-4H3. The van der Waals surface area contributed by atoms with Gasteiger partial charge in [-0.25, -0.2) is 0 Å². The van der Waals surface area contributed by atoms with E-state index in [1.165, 1.54) is 6.07 Å². The summed E-state index contributed by atoms with van der Waals surface area (Å²) in [7, 11) is 0. The van der Waals surface area contributed by atoms with Gasteiger partial charge in [0.05, 0.1) is 17.2 Å². The highest BCUT2D eigenvalue weighted by molar-refractivity contribution is 5.47. The number of nitro groups is 1. The minimum Gasteiger partial charge on any atom is -0.305 e. The van der Waals surface area contributed by atoms with E-state index in [2.05, 4.69) is 41.6 Å². The Morgan fingerprint density at radius 3 is 2.67 bits per heavy atom. The minimum absolute atomic E-state index is 0.0534. The Labute approximate surface area is 122 Å². The molecule has 0 aliphatic carbocycles. The molecule has 0 atom stereocenters. The van der Waals surface area contributed by atoms with Crippen LogP contribution < -0.4 is 5.32 Å². The third-order valence-corrected chi connectivity index (χ3v) is 2.93. The van der Waals surface area contributed by atoms with E-state index in [-0.39, 0.29) is 11.2 Å². The van der Waals surface area contributed by atoms with E-state index >= 15 is 0 Å². The lowest BCUT2D eigenvalue weighted by atomic mass is 10.1. The van der Waals surface area contributed by atoms with E-state index in [4.69, 9.17) is 0 Å². The quantitative estimate of drug-likeness (QED) is 0.680. The van der Waals surface area contributed by atoms with Gasteiger partial charge in [0.25, 0.3) is 5.69 Å². The van der Waals surface area contributed by atoms with E-state index in [1.807, 2.05) is 0 Å². The number of hydrogen-bond donors (Lipinski definition) is 1. The van der Waals surface area contributed by atoms with E-state index < -0.39 is 4.92 Å². The van der Waals surface area contributed by atoms with Gasteiger partial charge in [-0.05, 0) is 50.3 Å². The van der Waals surface area contributed by atoms with Gasteiger partial charge in [-0.2, -0.15) is 4.68 Å². The number of rotatable bonds is 4. The normalized spacial score (nSPS) is 11.6. The Morgan fingerprint density at radius 1 is 1.38 bits per heavy atom. The van der Waals surface area contributed by atoms with Gasteiger partial charge in [-0.3, -0.25) is 10.1 Å². The first kappa shape index (κ1) is 15.0. The minimum atomic E-state index is -0.402. The summed E-state index contributed by atoms with van der Waals surface area (Å²) in [5, 5.41) is 25.8. The number of hydrogen-bond acceptors (Lipinski definition) is 6. The fourth-order valence-corrected chi connectivity index (χ4v) is 1.84. The molecule has 21 heavy (non-hydrogen) atoms. The van der Waals surface area contributed by atoms with Gasteiger partial charge in [-0.15, -0.1) is 5.10 Å². The molecule has 2 aromatic rings.